The van der Waals surface area contributed by atoms with E-state index in [0.29, 0.717) is 6.61 Å². The average Bonchev–Trinajstić information content (AvgIpc) is 2.38. The Kier molecular flexibility index (Phi) is 5.07. The number of rotatable bonds is 5. The molecule has 0 bridgehead atoms. The van der Waals surface area contributed by atoms with Crippen molar-refractivity contribution in [2.45, 2.75) is 6.92 Å². The predicted molar refractivity (Wildman–Crippen MR) is 67.2 cm³/mol. The molecule has 0 atom stereocenters. The molecule has 0 radical (unpaired) electrons. The van der Waals surface area contributed by atoms with E-state index >= 15 is 0 Å². The molecular weight excluding hydrogens is 218 g/mol. The first-order chi connectivity index (χ1) is 8.19. The molecule has 0 aliphatic heterocycles. The number of carbonyl (C=O) groups excluding carboxylic acids is 1. The number of benzene rings is 1. The van der Waals surface area contributed by atoms with Gasteiger partial charge in [-0.15, -0.1) is 0 Å². The molecule has 4 nitrogen and oxygen atoms in total. The Hall–Kier alpha value is -1.97. The normalized spacial score (nSPS) is 10.3. The number of hydrogen-bond acceptors (Lipinski definition) is 3. The summed E-state index contributed by atoms with van der Waals surface area (Å²) in [7, 11) is 3.31. The quantitative estimate of drug-likeness (QED) is 0.580. The van der Waals surface area contributed by atoms with Crippen LogP contribution in [0, 0.1) is 0 Å². The third kappa shape index (κ3) is 3.83. The first kappa shape index (κ1) is 13.1. The van der Waals surface area contributed by atoms with Crippen molar-refractivity contribution in [3.8, 4) is 5.75 Å². The van der Waals surface area contributed by atoms with Crippen molar-refractivity contribution < 1.29 is 14.3 Å². The van der Waals surface area contributed by atoms with Gasteiger partial charge in [-0.1, -0.05) is 0 Å². The Bertz CT molecular complexity index is 384. The van der Waals surface area contributed by atoms with Crippen LogP contribution in [0.4, 0.5) is 5.69 Å². The van der Waals surface area contributed by atoms with Gasteiger partial charge in [-0.2, -0.15) is 0 Å². The van der Waals surface area contributed by atoms with Gasteiger partial charge >= 0.3 is 0 Å². The van der Waals surface area contributed by atoms with E-state index in [4.69, 9.17) is 9.47 Å². The average molecular weight is 235 g/mol. The number of amides is 1. The zero-order valence-corrected chi connectivity index (χ0v) is 10.3. The standard InChI is InChI=1S/C13H17NO3/c1-4-17-10-9-13(15)14(2)11-5-7-12(16-3)8-6-11/h5-10H,4H2,1-3H3/b10-9+. The second-order valence-corrected chi connectivity index (χ2v) is 3.35. The second kappa shape index (κ2) is 6.58. The molecule has 1 amide bonds. The van der Waals surface area contributed by atoms with Crippen molar-refractivity contribution in [3.05, 3.63) is 36.6 Å². The predicted octanol–water partition coefficient (Wildman–Crippen LogP) is 2.21. The van der Waals surface area contributed by atoms with Crippen LogP contribution in [-0.2, 0) is 9.53 Å². The van der Waals surface area contributed by atoms with Crippen LogP contribution in [0.3, 0.4) is 0 Å². The molecule has 1 rings (SSSR count). The van der Waals surface area contributed by atoms with Crippen molar-refractivity contribution in [1.29, 1.82) is 0 Å². The fraction of sp³-hybridized carbons (Fsp3) is 0.308. The number of nitrogens with zero attached hydrogens (tertiary/aromatic N) is 1. The number of likely N-dealkylation sites (N-methyl/N-ethyl adjacent to an activating group) is 1. The van der Waals surface area contributed by atoms with E-state index in [1.165, 1.54) is 17.2 Å². The van der Waals surface area contributed by atoms with E-state index in [1.807, 2.05) is 31.2 Å². The Labute approximate surface area is 101 Å². The lowest BCUT2D eigenvalue weighted by atomic mass is 10.3. The zero-order chi connectivity index (χ0) is 12.7. The number of anilines is 1. The molecule has 0 aliphatic rings. The summed E-state index contributed by atoms with van der Waals surface area (Å²) in [6.07, 6.45) is 2.80. The lowest BCUT2D eigenvalue weighted by Crippen LogP contribution is -2.23. The molecule has 17 heavy (non-hydrogen) atoms. The van der Waals surface area contributed by atoms with Gasteiger partial charge in [0.25, 0.3) is 5.91 Å². The van der Waals surface area contributed by atoms with Crippen LogP contribution < -0.4 is 9.64 Å². The maximum atomic E-state index is 11.7. The van der Waals surface area contributed by atoms with Gasteiger partial charge in [0.1, 0.15) is 5.75 Å². The summed E-state index contributed by atoms with van der Waals surface area (Å²) in [6.45, 7) is 2.41. The molecule has 0 N–H and O–H groups in total. The molecule has 92 valence electrons. The molecule has 0 spiro atoms. The van der Waals surface area contributed by atoms with Gasteiger partial charge in [0.15, 0.2) is 0 Å². The third-order valence-corrected chi connectivity index (χ3v) is 2.26. The number of carbonyl (C=O) groups is 1. The molecule has 1 aromatic carbocycles. The van der Waals surface area contributed by atoms with Crippen molar-refractivity contribution in [1.82, 2.24) is 0 Å². The molecule has 0 aromatic heterocycles. The third-order valence-electron chi connectivity index (χ3n) is 2.26. The monoisotopic (exact) mass is 235 g/mol. The van der Waals surface area contributed by atoms with E-state index in [1.54, 1.807) is 14.2 Å². The molecule has 0 unspecified atom stereocenters. The van der Waals surface area contributed by atoms with E-state index in [-0.39, 0.29) is 5.91 Å². The fourth-order valence-electron chi connectivity index (χ4n) is 1.25. The van der Waals surface area contributed by atoms with Crippen LogP contribution in [0.5, 0.6) is 5.75 Å². The first-order valence-electron chi connectivity index (χ1n) is 5.39. The van der Waals surface area contributed by atoms with Gasteiger partial charge in [-0.05, 0) is 31.2 Å². The molecular formula is C13H17NO3. The Morgan fingerprint density at radius 1 is 1.35 bits per heavy atom. The number of ether oxygens (including phenoxy) is 2. The highest BCUT2D eigenvalue weighted by molar-refractivity contribution is 6.00. The summed E-state index contributed by atoms with van der Waals surface area (Å²) in [5.74, 6) is 0.628. The van der Waals surface area contributed by atoms with E-state index in [9.17, 15) is 4.79 Å². The maximum absolute atomic E-state index is 11.7. The fourth-order valence-corrected chi connectivity index (χ4v) is 1.25. The highest BCUT2D eigenvalue weighted by atomic mass is 16.5. The smallest absolute Gasteiger partial charge is 0.253 e. The van der Waals surface area contributed by atoms with Gasteiger partial charge in [-0.3, -0.25) is 4.79 Å². The summed E-state index contributed by atoms with van der Waals surface area (Å²) >= 11 is 0. The molecule has 1 aromatic rings. The maximum Gasteiger partial charge on any atom is 0.253 e. The minimum absolute atomic E-state index is 0.136. The molecule has 0 saturated heterocycles. The second-order valence-electron chi connectivity index (χ2n) is 3.35. The van der Waals surface area contributed by atoms with Crippen molar-refractivity contribution in [2.24, 2.45) is 0 Å². The van der Waals surface area contributed by atoms with Crippen molar-refractivity contribution >= 4 is 11.6 Å². The summed E-state index contributed by atoms with van der Waals surface area (Å²) in [5, 5.41) is 0. The lowest BCUT2D eigenvalue weighted by Gasteiger charge is -2.15. The van der Waals surface area contributed by atoms with E-state index in [0.717, 1.165) is 11.4 Å². The molecule has 0 aliphatic carbocycles. The van der Waals surface area contributed by atoms with Crippen LogP contribution in [0.25, 0.3) is 0 Å². The minimum atomic E-state index is -0.136. The molecule has 0 heterocycles. The van der Waals surface area contributed by atoms with Crippen LogP contribution in [0.2, 0.25) is 0 Å². The van der Waals surface area contributed by atoms with Gasteiger partial charge in [0, 0.05) is 18.8 Å². The largest absolute Gasteiger partial charge is 0.501 e. The van der Waals surface area contributed by atoms with Crippen LogP contribution in [0.1, 0.15) is 6.92 Å². The van der Waals surface area contributed by atoms with Crippen LogP contribution in [0.15, 0.2) is 36.6 Å². The topological polar surface area (TPSA) is 38.8 Å². The van der Waals surface area contributed by atoms with Crippen molar-refractivity contribution in [2.75, 3.05) is 25.7 Å². The van der Waals surface area contributed by atoms with Gasteiger partial charge in [0.2, 0.25) is 0 Å². The molecule has 0 saturated carbocycles. The van der Waals surface area contributed by atoms with Gasteiger partial charge in [-0.25, -0.2) is 0 Å². The Morgan fingerprint density at radius 3 is 2.53 bits per heavy atom. The number of hydrogen-bond donors (Lipinski definition) is 0. The molecule has 4 heteroatoms. The Balaban J connectivity index is 2.67. The summed E-state index contributed by atoms with van der Waals surface area (Å²) in [5.41, 5.74) is 0.803. The Morgan fingerprint density at radius 2 is 2.00 bits per heavy atom. The first-order valence-corrected chi connectivity index (χ1v) is 5.39. The number of methoxy groups -OCH3 is 1. The summed E-state index contributed by atoms with van der Waals surface area (Å²) in [6, 6.07) is 7.27. The molecule has 0 fully saturated rings. The highest BCUT2D eigenvalue weighted by Gasteiger charge is 2.07. The van der Waals surface area contributed by atoms with Gasteiger partial charge < -0.3 is 14.4 Å². The van der Waals surface area contributed by atoms with E-state index < -0.39 is 0 Å². The minimum Gasteiger partial charge on any atom is -0.501 e. The lowest BCUT2D eigenvalue weighted by molar-refractivity contribution is -0.114. The van der Waals surface area contributed by atoms with Crippen LogP contribution in [-0.4, -0.2) is 26.7 Å². The SMILES string of the molecule is CCO/C=C/C(=O)N(C)c1ccc(OC)cc1. The van der Waals surface area contributed by atoms with Gasteiger partial charge in [0.05, 0.1) is 20.0 Å². The van der Waals surface area contributed by atoms with E-state index in [2.05, 4.69) is 0 Å². The van der Waals surface area contributed by atoms with Crippen molar-refractivity contribution in [3.63, 3.8) is 0 Å². The highest BCUT2D eigenvalue weighted by Crippen LogP contribution is 2.18. The summed E-state index contributed by atoms with van der Waals surface area (Å²) < 4.78 is 10.0. The zero-order valence-electron chi connectivity index (χ0n) is 10.3. The summed E-state index contributed by atoms with van der Waals surface area (Å²) in [4.78, 5) is 13.2. The van der Waals surface area contributed by atoms with Crippen LogP contribution >= 0.6 is 0 Å².